The second kappa shape index (κ2) is 4.61. The van der Waals surface area contributed by atoms with Crippen LogP contribution in [0.2, 0.25) is 0 Å². The fourth-order valence-electron chi connectivity index (χ4n) is 1.40. The molecule has 0 atom stereocenters. The Morgan fingerprint density at radius 3 is 3.06 bits per heavy atom. The Morgan fingerprint density at radius 1 is 1.50 bits per heavy atom. The maximum absolute atomic E-state index is 11.6. The lowest BCUT2D eigenvalue weighted by atomic mass is 10.3. The molecule has 0 aliphatic heterocycles. The number of aryl methyl sites for hydroxylation is 1. The molecule has 0 unspecified atom stereocenters. The van der Waals surface area contributed by atoms with Gasteiger partial charge in [0.25, 0.3) is 0 Å². The number of pyridine rings is 1. The van der Waals surface area contributed by atoms with E-state index in [4.69, 9.17) is 4.42 Å². The lowest BCUT2D eigenvalue weighted by Crippen LogP contribution is -2.14. The molecule has 2 rings (SSSR count). The summed E-state index contributed by atoms with van der Waals surface area (Å²) in [5.74, 6) is 0.559. The molecule has 2 heterocycles. The SMILES string of the molecule is Cc1cc(NC(=O)Cc2ccco2)ccn1. The average molecular weight is 216 g/mol. The number of furan rings is 1. The van der Waals surface area contributed by atoms with Crippen LogP contribution in [0.25, 0.3) is 0 Å². The van der Waals surface area contributed by atoms with Gasteiger partial charge in [-0.2, -0.15) is 0 Å². The molecular weight excluding hydrogens is 204 g/mol. The van der Waals surface area contributed by atoms with E-state index in [-0.39, 0.29) is 12.3 Å². The Morgan fingerprint density at radius 2 is 2.38 bits per heavy atom. The van der Waals surface area contributed by atoms with Gasteiger partial charge in [-0.05, 0) is 31.2 Å². The maximum atomic E-state index is 11.6. The second-order valence-corrected chi connectivity index (χ2v) is 3.49. The van der Waals surface area contributed by atoms with E-state index in [9.17, 15) is 4.79 Å². The Balaban J connectivity index is 1.97. The largest absolute Gasteiger partial charge is 0.469 e. The summed E-state index contributed by atoms with van der Waals surface area (Å²) in [6.45, 7) is 1.88. The third-order valence-corrected chi connectivity index (χ3v) is 2.10. The van der Waals surface area contributed by atoms with E-state index in [1.165, 1.54) is 0 Å². The molecule has 4 heteroatoms. The molecule has 0 saturated carbocycles. The van der Waals surface area contributed by atoms with E-state index >= 15 is 0 Å². The van der Waals surface area contributed by atoms with Crippen molar-refractivity contribution in [2.75, 3.05) is 5.32 Å². The first-order chi connectivity index (χ1) is 7.74. The van der Waals surface area contributed by atoms with Crippen LogP contribution < -0.4 is 5.32 Å². The number of carbonyl (C=O) groups is 1. The number of nitrogens with one attached hydrogen (secondary N) is 1. The van der Waals surface area contributed by atoms with Crippen LogP contribution in [0.3, 0.4) is 0 Å². The second-order valence-electron chi connectivity index (χ2n) is 3.49. The molecule has 0 aliphatic carbocycles. The topological polar surface area (TPSA) is 55.1 Å². The van der Waals surface area contributed by atoms with Crippen LogP contribution in [0, 0.1) is 6.92 Å². The number of nitrogens with zero attached hydrogens (tertiary/aromatic N) is 1. The number of amides is 1. The highest BCUT2D eigenvalue weighted by Gasteiger charge is 2.05. The Hall–Kier alpha value is -2.10. The molecule has 2 aromatic heterocycles. The quantitative estimate of drug-likeness (QED) is 0.855. The summed E-state index contributed by atoms with van der Waals surface area (Å²) < 4.78 is 5.09. The van der Waals surface area contributed by atoms with E-state index in [1.807, 2.05) is 13.0 Å². The van der Waals surface area contributed by atoms with Gasteiger partial charge in [-0.15, -0.1) is 0 Å². The van der Waals surface area contributed by atoms with Gasteiger partial charge >= 0.3 is 0 Å². The van der Waals surface area contributed by atoms with Crippen LogP contribution >= 0.6 is 0 Å². The van der Waals surface area contributed by atoms with Crippen molar-refractivity contribution in [1.82, 2.24) is 4.98 Å². The summed E-state index contributed by atoms with van der Waals surface area (Å²) in [5.41, 5.74) is 1.62. The lowest BCUT2D eigenvalue weighted by Gasteiger charge is -2.04. The fourth-order valence-corrected chi connectivity index (χ4v) is 1.40. The molecule has 0 radical (unpaired) electrons. The van der Waals surface area contributed by atoms with Crippen LogP contribution in [0.5, 0.6) is 0 Å². The van der Waals surface area contributed by atoms with Crippen molar-refractivity contribution in [2.24, 2.45) is 0 Å². The van der Waals surface area contributed by atoms with E-state index in [2.05, 4.69) is 10.3 Å². The molecular formula is C12H12N2O2. The van der Waals surface area contributed by atoms with Crippen molar-refractivity contribution in [3.8, 4) is 0 Å². The van der Waals surface area contributed by atoms with E-state index in [0.717, 1.165) is 11.4 Å². The molecule has 0 aliphatic rings. The molecule has 4 nitrogen and oxygen atoms in total. The molecule has 1 N–H and O–H groups in total. The van der Waals surface area contributed by atoms with Gasteiger partial charge in [0, 0.05) is 17.6 Å². The highest BCUT2D eigenvalue weighted by atomic mass is 16.3. The highest BCUT2D eigenvalue weighted by molar-refractivity contribution is 5.91. The molecule has 82 valence electrons. The van der Waals surface area contributed by atoms with Crippen LogP contribution in [0.1, 0.15) is 11.5 Å². The Bertz CT molecular complexity index is 478. The summed E-state index contributed by atoms with van der Waals surface area (Å²) in [4.78, 5) is 15.7. The number of hydrogen-bond donors (Lipinski definition) is 1. The molecule has 0 bridgehead atoms. The van der Waals surface area contributed by atoms with Gasteiger partial charge in [0.05, 0.1) is 12.7 Å². The highest BCUT2D eigenvalue weighted by Crippen LogP contribution is 2.08. The first-order valence-corrected chi connectivity index (χ1v) is 4.99. The predicted molar refractivity (Wildman–Crippen MR) is 60.0 cm³/mol. The van der Waals surface area contributed by atoms with Gasteiger partial charge < -0.3 is 9.73 Å². The maximum Gasteiger partial charge on any atom is 0.231 e. The third-order valence-electron chi connectivity index (χ3n) is 2.10. The van der Waals surface area contributed by atoms with Crippen molar-refractivity contribution in [3.05, 3.63) is 48.2 Å². The zero-order valence-electron chi connectivity index (χ0n) is 8.93. The minimum atomic E-state index is -0.0967. The minimum absolute atomic E-state index is 0.0967. The number of carbonyl (C=O) groups excluding carboxylic acids is 1. The summed E-state index contributed by atoms with van der Waals surface area (Å²) in [7, 11) is 0. The molecule has 0 spiro atoms. The zero-order valence-corrected chi connectivity index (χ0v) is 8.93. The summed E-state index contributed by atoms with van der Waals surface area (Å²) in [6.07, 6.45) is 3.46. The first-order valence-electron chi connectivity index (χ1n) is 4.99. The summed E-state index contributed by atoms with van der Waals surface area (Å²) in [6, 6.07) is 7.11. The normalized spacial score (nSPS) is 10.1. The number of rotatable bonds is 3. The molecule has 0 aromatic carbocycles. The van der Waals surface area contributed by atoms with E-state index in [0.29, 0.717) is 5.76 Å². The number of anilines is 1. The smallest absolute Gasteiger partial charge is 0.231 e. The van der Waals surface area contributed by atoms with Gasteiger partial charge in [0.15, 0.2) is 0 Å². The van der Waals surface area contributed by atoms with E-state index < -0.39 is 0 Å². The molecule has 16 heavy (non-hydrogen) atoms. The van der Waals surface area contributed by atoms with Crippen LogP contribution in [0.15, 0.2) is 41.1 Å². The first kappa shape index (κ1) is 10.4. The fraction of sp³-hybridized carbons (Fsp3) is 0.167. The van der Waals surface area contributed by atoms with Crippen LogP contribution in [-0.4, -0.2) is 10.9 Å². The summed E-state index contributed by atoms with van der Waals surface area (Å²) >= 11 is 0. The van der Waals surface area contributed by atoms with Gasteiger partial charge in [-0.25, -0.2) is 0 Å². The zero-order chi connectivity index (χ0) is 11.4. The molecule has 0 fully saturated rings. The van der Waals surface area contributed by atoms with Gasteiger partial charge in [-0.3, -0.25) is 9.78 Å². The van der Waals surface area contributed by atoms with Crippen molar-refractivity contribution in [3.63, 3.8) is 0 Å². The van der Waals surface area contributed by atoms with Crippen molar-refractivity contribution >= 4 is 11.6 Å². The monoisotopic (exact) mass is 216 g/mol. The van der Waals surface area contributed by atoms with Crippen LogP contribution in [0.4, 0.5) is 5.69 Å². The third kappa shape index (κ3) is 2.70. The van der Waals surface area contributed by atoms with Crippen molar-refractivity contribution in [1.29, 1.82) is 0 Å². The van der Waals surface area contributed by atoms with Crippen molar-refractivity contribution < 1.29 is 9.21 Å². The Labute approximate surface area is 93.3 Å². The molecule has 1 amide bonds. The van der Waals surface area contributed by atoms with Crippen LogP contribution in [-0.2, 0) is 11.2 Å². The predicted octanol–water partition coefficient (Wildman–Crippen LogP) is 2.16. The van der Waals surface area contributed by atoms with Gasteiger partial charge in [0.1, 0.15) is 5.76 Å². The molecule has 2 aromatic rings. The average Bonchev–Trinajstić information content (AvgIpc) is 2.70. The Kier molecular flexibility index (Phi) is 3.00. The lowest BCUT2D eigenvalue weighted by molar-refractivity contribution is -0.115. The van der Waals surface area contributed by atoms with Gasteiger partial charge in [-0.1, -0.05) is 0 Å². The van der Waals surface area contributed by atoms with Crippen molar-refractivity contribution in [2.45, 2.75) is 13.3 Å². The number of aromatic nitrogens is 1. The standard InChI is InChI=1S/C12H12N2O2/c1-9-7-10(4-5-13-9)14-12(15)8-11-3-2-6-16-11/h2-7H,8H2,1H3,(H,13,14,15). The summed E-state index contributed by atoms with van der Waals surface area (Å²) in [5, 5.41) is 2.78. The van der Waals surface area contributed by atoms with Gasteiger partial charge in [0.2, 0.25) is 5.91 Å². The van der Waals surface area contributed by atoms with E-state index in [1.54, 1.807) is 30.7 Å². The molecule has 0 saturated heterocycles. The minimum Gasteiger partial charge on any atom is -0.469 e. The number of hydrogen-bond acceptors (Lipinski definition) is 3.